The lowest BCUT2D eigenvalue weighted by Crippen LogP contribution is -2.47. The van der Waals surface area contributed by atoms with Crippen LogP contribution in [0, 0.1) is 5.41 Å². The van der Waals surface area contributed by atoms with E-state index in [2.05, 4.69) is 47.9 Å². The number of benzene rings is 1. The van der Waals surface area contributed by atoms with E-state index in [4.69, 9.17) is 9.72 Å². The molecule has 1 saturated heterocycles. The van der Waals surface area contributed by atoms with Crippen LogP contribution in [0.1, 0.15) is 36.3 Å². The highest BCUT2D eigenvalue weighted by atomic mass is 16.5. The Morgan fingerprint density at radius 3 is 2.33 bits per heavy atom. The Balaban J connectivity index is 1.58. The van der Waals surface area contributed by atoms with Gasteiger partial charge in [-0.15, -0.1) is 0 Å². The van der Waals surface area contributed by atoms with E-state index in [0.29, 0.717) is 12.2 Å². The highest BCUT2D eigenvalue weighted by molar-refractivity contribution is 5.99. The summed E-state index contributed by atoms with van der Waals surface area (Å²) in [5.74, 6) is 1.75. The first kappa shape index (κ1) is 17.8. The number of pyridine rings is 1. The molecule has 0 N–H and O–H groups in total. The van der Waals surface area contributed by atoms with E-state index in [9.17, 15) is 4.79 Å². The van der Waals surface area contributed by atoms with Crippen LogP contribution in [0.2, 0.25) is 0 Å². The number of Topliss-reactive ketones (excluding diaryl/α,β-unsaturated/α-hetero) is 1. The Hall–Kier alpha value is -2.56. The number of piperazine rings is 1. The van der Waals surface area contributed by atoms with Crippen molar-refractivity contribution in [3.05, 3.63) is 47.7 Å². The number of anilines is 2. The van der Waals surface area contributed by atoms with Crippen molar-refractivity contribution in [1.29, 1.82) is 0 Å². The second kappa shape index (κ2) is 6.87. The minimum Gasteiger partial charge on any atom is -0.493 e. The molecular formula is C22H27N3O2. The number of nitrogens with zero attached hydrogens (tertiary/aromatic N) is 3. The van der Waals surface area contributed by atoms with Gasteiger partial charge in [0.2, 0.25) is 0 Å². The summed E-state index contributed by atoms with van der Waals surface area (Å²) in [6.07, 6.45) is 1.40. The smallest absolute Gasteiger partial charge is 0.171 e. The van der Waals surface area contributed by atoms with Crippen LogP contribution in [0.25, 0.3) is 0 Å². The van der Waals surface area contributed by atoms with E-state index in [1.165, 1.54) is 5.69 Å². The molecule has 0 amide bonds. The number of hydrogen-bond acceptors (Lipinski definition) is 5. The molecule has 0 radical (unpaired) electrons. The monoisotopic (exact) mass is 365 g/mol. The maximum Gasteiger partial charge on any atom is 0.171 e. The third-order valence-corrected chi connectivity index (χ3v) is 5.55. The van der Waals surface area contributed by atoms with Crippen molar-refractivity contribution in [2.24, 2.45) is 5.41 Å². The van der Waals surface area contributed by atoms with Gasteiger partial charge >= 0.3 is 0 Å². The van der Waals surface area contributed by atoms with Crippen molar-refractivity contribution >= 4 is 17.3 Å². The second-order valence-electron chi connectivity index (χ2n) is 8.26. The Bertz CT molecular complexity index is 840. The topological polar surface area (TPSA) is 45.7 Å². The molecule has 2 aliphatic rings. The van der Waals surface area contributed by atoms with Crippen molar-refractivity contribution in [3.8, 4) is 5.75 Å². The van der Waals surface area contributed by atoms with Crippen LogP contribution in [-0.4, -0.2) is 44.1 Å². The van der Waals surface area contributed by atoms with E-state index < -0.39 is 0 Å². The van der Waals surface area contributed by atoms with Crippen LogP contribution < -0.4 is 14.5 Å². The van der Waals surface area contributed by atoms with Crippen molar-refractivity contribution in [2.45, 2.75) is 26.7 Å². The molecule has 2 aromatic rings. The van der Waals surface area contributed by atoms with E-state index >= 15 is 0 Å². The lowest BCUT2D eigenvalue weighted by molar-refractivity contribution is 0.0910. The molecule has 1 aromatic carbocycles. The maximum absolute atomic E-state index is 12.5. The molecular weight excluding hydrogens is 338 g/mol. The Morgan fingerprint density at radius 1 is 1.00 bits per heavy atom. The molecule has 0 unspecified atom stereocenters. The summed E-state index contributed by atoms with van der Waals surface area (Å²) in [7, 11) is 1.66. The number of ether oxygens (including phenoxy) is 1. The highest BCUT2D eigenvalue weighted by Gasteiger charge is 2.34. The van der Waals surface area contributed by atoms with Gasteiger partial charge in [0.1, 0.15) is 0 Å². The van der Waals surface area contributed by atoms with Crippen LogP contribution in [-0.2, 0) is 6.42 Å². The van der Waals surface area contributed by atoms with E-state index in [1.54, 1.807) is 7.11 Å². The quantitative estimate of drug-likeness (QED) is 0.832. The summed E-state index contributed by atoms with van der Waals surface area (Å²) in [4.78, 5) is 22.1. The Kier molecular flexibility index (Phi) is 4.54. The van der Waals surface area contributed by atoms with Gasteiger partial charge in [0.15, 0.2) is 17.4 Å². The lowest BCUT2D eigenvalue weighted by atomic mass is 9.75. The van der Waals surface area contributed by atoms with Gasteiger partial charge in [-0.1, -0.05) is 32.0 Å². The SMILES string of the molecule is COc1cc2c(nc1N1CCN(c3ccccc3)CC1)CC(C)(C)CC2=O. The van der Waals surface area contributed by atoms with E-state index in [1.807, 2.05) is 12.1 Å². The first-order valence-corrected chi connectivity index (χ1v) is 9.63. The van der Waals surface area contributed by atoms with Gasteiger partial charge < -0.3 is 14.5 Å². The van der Waals surface area contributed by atoms with Gasteiger partial charge in [-0.2, -0.15) is 0 Å². The average molecular weight is 365 g/mol. The number of fused-ring (bicyclic) bond motifs is 1. The van der Waals surface area contributed by atoms with Crippen molar-refractivity contribution < 1.29 is 9.53 Å². The van der Waals surface area contributed by atoms with Gasteiger partial charge in [0.05, 0.1) is 12.8 Å². The van der Waals surface area contributed by atoms with Gasteiger partial charge in [-0.05, 0) is 30.0 Å². The summed E-state index contributed by atoms with van der Waals surface area (Å²) in [6.45, 7) is 7.92. The molecule has 5 heteroatoms. The molecule has 142 valence electrons. The molecule has 4 rings (SSSR count). The predicted octanol–water partition coefficient (Wildman–Crippen LogP) is 3.57. The molecule has 0 bridgehead atoms. The zero-order valence-corrected chi connectivity index (χ0v) is 16.4. The molecule has 0 spiro atoms. The number of aromatic nitrogens is 1. The predicted molar refractivity (Wildman–Crippen MR) is 108 cm³/mol. The van der Waals surface area contributed by atoms with Crippen LogP contribution in [0.15, 0.2) is 36.4 Å². The van der Waals surface area contributed by atoms with Gasteiger partial charge in [0, 0.05) is 43.9 Å². The van der Waals surface area contributed by atoms with Gasteiger partial charge in [0.25, 0.3) is 0 Å². The molecule has 27 heavy (non-hydrogen) atoms. The number of para-hydroxylation sites is 1. The Labute approximate surface area is 161 Å². The summed E-state index contributed by atoms with van der Waals surface area (Å²) in [5, 5.41) is 0. The first-order chi connectivity index (χ1) is 13.0. The van der Waals surface area contributed by atoms with Gasteiger partial charge in [-0.25, -0.2) is 4.98 Å². The molecule has 1 aromatic heterocycles. The summed E-state index contributed by atoms with van der Waals surface area (Å²) >= 11 is 0. The molecule has 1 aliphatic heterocycles. The van der Waals surface area contributed by atoms with Gasteiger partial charge in [-0.3, -0.25) is 4.79 Å². The third kappa shape index (κ3) is 3.51. The van der Waals surface area contributed by atoms with Crippen molar-refractivity contribution in [3.63, 3.8) is 0 Å². The summed E-state index contributed by atoms with van der Waals surface area (Å²) in [5.41, 5.74) is 2.87. The minimum atomic E-state index is -0.0328. The fourth-order valence-electron chi connectivity index (χ4n) is 4.14. The molecule has 1 fully saturated rings. The summed E-state index contributed by atoms with van der Waals surface area (Å²) in [6, 6.07) is 12.4. The van der Waals surface area contributed by atoms with Crippen LogP contribution >= 0.6 is 0 Å². The average Bonchev–Trinajstić information content (AvgIpc) is 2.67. The zero-order chi connectivity index (χ0) is 19.0. The molecule has 0 atom stereocenters. The summed E-state index contributed by atoms with van der Waals surface area (Å²) < 4.78 is 5.61. The normalized spacial score (nSPS) is 19.0. The van der Waals surface area contributed by atoms with Crippen LogP contribution in [0.4, 0.5) is 11.5 Å². The fraction of sp³-hybridized carbons (Fsp3) is 0.455. The highest BCUT2D eigenvalue weighted by Crippen LogP contribution is 2.38. The fourth-order valence-corrected chi connectivity index (χ4v) is 4.14. The lowest BCUT2D eigenvalue weighted by Gasteiger charge is -2.38. The molecule has 1 aliphatic carbocycles. The third-order valence-electron chi connectivity index (χ3n) is 5.55. The molecule has 0 saturated carbocycles. The largest absolute Gasteiger partial charge is 0.493 e. The number of rotatable bonds is 3. The van der Waals surface area contributed by atoms with E-state index in [-0.39, 0.29) is 11.2 Å². The molecule has 2 heterocycles. The number of hydrogen-bond donors (Lipinski definition) is 0. The number of carbonyl (C=O) groups excluding carboxylic acids is 1. The minimum absolute atomic E-state index is 0.0328. The number of ketones is 1. The Morgan fingerprint density at radius 2 is 1.67 bits per heavy atom. The van der Waals surface area contributed by atoms with E-state index in [0.717, 1.165) is 49.7 Å². The zero-order valence-electron chi connectivity index (χ0n) is 16.4. The van der Waals surface area contributed by atoms with Crippen molar-refractivity contribution in [1.82, 2.24) is 4.98 Å². The second-order valence-corrected chi connectivity index (χ2v) is 8.26. The maximum atomic E-state index is 12.5. The van der Waals surface area contributed by atoms with Crippen LogP contribution in [0.5, 0.6) is 5.75 Å². The number of methoxy groups -OCH3 is 1. The number of carbonyl (C=O) groups is 1. The first-order valence-electron chi connectivity index (χ1n) is 9.63. The van der Waals surface area contributed by atoms with Crippen LogP contribution in [0.3, 0.4) is 0 Å². The standard InChI is InChI=1S/C22H27N3O2/c1-22(2)14-18-17(19(26)15-22)13-20(27-3)21(23-18)25-11-9-24(10-12-25)16-7-5-4-6-8-16/h4-8,13H,9-12,14-15H2,1-3H3. The molecule has 5 nitrogen and oxygen atoms in total. The van der Waals surface area contributed by atoms with Crippen molar-refractivity contribution in [2.75, 3.05) is 43.1 Å².